The van der Waals surface area contributed by atoms with Gasteiger partial charge in [-0.15, -0.1) is 5.10 Å². The van der Waals surface area contributed by atoms with Gasteiger partial charge in [-0.3, -0.25) is 4.79 Å². The number of carbonyl (C=O) groups excluding carboxylic acids is 1. The van der Waals surface area contributed by atoms with Crippen molar-refractivity contribution in [1.82, 2.24) is 20.2 Å². The third-order valence-corrected chi connectivity index (χ3v) is 4.02. The Morgan fingerprint density at radius 1 is 1.53 bits per heavy atom. The Bertz CT molecular complexity index is 602. The molecule has 1 aromatic carbocycles. The predicted molar refractivity (Wildman–Crippen MR) is 74.5 cm³/mol. The van der Waals surface area contributed by atoms with Gasteiger partial charge in [-0.05, 0) is 44.6 Å². The first-order valence-electron chi connectivity index (χ1n) is 5.33. The number of aromatic nitrogens is 4. The van der Waals surface area contributed by atoms with E-state index in [1.54, 1.807) is 32.4 Å². The largest absolute Gasteiger partial charge is 0.496 e. The fourth-order valence-corrected chi connectivity index (χ4v) is 2.68. The van der Waals surface area contributed by atoms with Crippen LogP contribution in [0, 0.1) is 0 Å². The Labute approximate surface area is 122 Å². The maximum atomic E-state index is 12.0. The lowest BCUT2D eigenvalue weighted by Crippen LogP contribution is -2.04. The highest BCUT2D eigenvalue weighted by Gasteiger charge is 2.11. The van der Waals surface area contributed by atoms with Gasteiger partial charge in [0.05, 0.1) is 17.3 Å². The Kier molecular flexibility index (Phi) is 4.54. The van der Waals surface area contributed by atoms with E-state index in [1.807, 2.05) is 0 Å². The van der Waals surface area contributed by atoms with Crippen molar-refractivity contribution in [2.75, 3.05) is 12.9 Å². The number of nitrogens with zero attached hydrogens (tertiary/aromatic N) is 4. The molecule has 0 fully saturated rings. The van der Waals surface area contributed by atoms with Crippen molar-refractivity contribution in [3.63, 3.8) is 0 Å². The smallest absolute Gasteiger partial charge is 0.209 e. The molecule has 1 heterocycles. The van der Waals surface area contributed by atoms with Crippen molar-refractivity contribution in [1.29, 1.82) is 0 Å². The number of halogens is 1. The summed E-state index contributed by atoms with van der Waals surface area (Å²) in [6.07, 6.45) is 0. The van der Waals surface area contributed by atoms with Crippen LogP contribution in [0.15, 0.2) is 27.8 Å². The molecule has 6 nitrogen and oxygen atoms in total. The normalized spacial score (nSPS) is 10.5. The highest BCUT2D eigenvalue weighted by atomic mass is 79.9. The van der Waals surface area contributed by atoms with Crippen LogP contribution in [0.5, 0.6) is 5.75 Å². The topological polar surface area (TPSA) is 69.9 Å². The van der Waals surface area contributed by atoms with E-state index < -0.39 is 0 Å². The second kappa shape index (κ2) is 6.16. The van der Waals surface area contributed by atoms with Gasteiger partial charge in [0, 0.05) is 12.6 Å². The lowest BCUT2D eigenvalue weighted by Gasteiger charge is -2.05. The van der Waals surface area contributed by atoms with Gasteiger partial charge in [0.15, 0.2) is 5.78 Å². The van der Waals surface area contributed by atoms with Crippen molar-refractivity contribution < 1.29 is 9.53 Å². The number of benzene rings is 1. The Hall–Kier alpha value is -1.41. The zero-order valence-corrected chi connectivity index (χ0v) is 12.7. The standard InChI is InChI=1S/C11H11BrN4O2S/c1-16-11(13-14-15-16)19-6-9(17)7-3-4-10(18-2)8(12)5-7/h3-5H,6H2,1-2H3. The number of carbonyl (C=O) groups is 1. The van der Waals surface area contributed by atoms with Gasteiger partial charge in [0.25, 0.3) is 0 Å². The van der Waals surface area contributed by atoms with E-state index in [0.717, 1.165) is 4.47 Å². The van der Waals surface area contributed by atoms with Gasteiger partial charge < -0.3 is 4.74 Å². The summed E-state index contributed by atoms with van der Waals surface area (Å²) in [4.78, 5) is 12.0. The minimum Gasteiger partial charge on any atom is -0.496 e. The van der Waals surface area contributed by atoms with Crippen LogP contribution in [0.4, 0.5) is 0 Å². The maximum absolute atomic E-state index is 12.0. The fourth-order valence-electron chi connectivity index (χ4n) is 1.40. The molecular formula is C11H11BrN4O2S. The van der Waals surface area contributed by atoms with Gasteiger partial charge in [-0.25, -0.2) is 4.68 Å². The average Bonchev–Trinajstić information content (AvgIpc) is 2.81. The van der Waals surface area contributed by atoms with Gasteiger partial charge in [0.1, 0.15) is 5.75 Å². The van der Waals surface area contributed by atoms with Crippen LogP contribution in [0.3, 0.4) is 0 Å². The van der Waals surface area contributed by atoms with E-state index in [0.29, 0.717) is 16.5 Å². The van der Waals surface area contributed by atoms with Crippen LogP contribution in [-0.2, 0) is 7.05 Å². The van der Waals surface area contributed by atoms with E-state index in [2.05, 4.69) is 31.5 Å². The van der Waals surface area contributed by atoms with Crippen LogP contribution < -0.4 is 4.74 Å². The first-order chi connectivity index (χ1) is 9.11. The number of aryl methyl sites for hydroxylation is 1. The SMILES string of the molecule is COc1ccc(C(=O)CSc2nnnn2C)cc1Br. The molecule has 0 bridgehead atoms. The Morgan fingerprint density at radius 3 is 2.89 bits per heavy atom. The molecule has 0 unspecified atom stereocenters. The number of hydrogen-bond acceptors (Lipinski definition) is 6. The third kappa shape index (κ3) is 3.32. The first kappa shape index (κ1) is 14.0. The van der Waals surface area contributed by atoms with Gasteiger partial charge >= 0.3 is 0 Å². The van der Waals surface area contributed by atoms with E-state index in [1.165, 1.54) is 16.4 Å². The Balaban J connectivity index is 2.04. The minimum atomic E-state index is 0.0105. The zero-order valence-electron chi connectivity index (χ0n) is 10.3. The molecule has 1 aromatic heterocycles. The molecule has 0 aliphatic heterocycles. The van der Waals surface area contributed by atoms with Crippen molar-refractivity contribution in [3.8, 4) is 5.75 Å². The summed E-state index contributed by atoms with van der Waals surface area (Å²) in [5.41, 5.74) is 0.621. The molecule has 0 saturated heterocycles. The summed E-state index contributed by atoms with van der Waals surface area (Å²) in [5.74, 6) is 0.991. The first-order valence-corrected chi connectivity index (χ1v) is 7.11. The van der Waals surface area contributed by atoms with Crippen molar-refractivity contribution in [3.05, 3.63) is 28.2 Å². The second-order valence-electron chi connectivity index (χ2n) is 3.65. The number of hydrogen-bond donors (Lipinski definition) is 0. The summed E-state index contributed by atoms with van der Waals surface area (Å²) < 4.78 is 7.41. The summed E-state index contributed by atoms with van der Waals surface area (Å²) in [6.45, 7) is 0. The van der Waals surface area contributed by atoms with E-state index in [9.17, 15) is 4.79 Å². The van der Waals surface area contributed by atoms with Crippen molar-refractivity contribution in [2.45, 2.75) is 5.16 Å². The number of thioether (sulfide) groups is 1. The number of tetrazole rings is 1. The van der Waals surface area contributed by atoms with Crippen molar-refractivity contribution >= 4 is 33.5 Å². The molecule has 0 radical (unpaired) electrons. The molecule has 0 amide bonds. The quantitative estimate of drug-likeness (QED) is 0.611. The summed E-state index contributed by atoms with van der Waals surface area (Å²) >= 11 is 4.66. The fraction of sp³-hybridized carbons (Fsp3) is 0.273. The molecule has 0 saturated carbocycles. The van der Waals surface area contributed by atoms with Gasteiger partial charge in [0.2, 0.25) is 5.16 Å². The molecule has 2 rings (SSSR count). The molecule has 2 aromatic rings. The van der Waals surface area contributed by atoms with E-state index in [4.69, 9.17) is 4.74 Å². The molecule has 0 spiro atoms. The number of methoxy groups -OCH3 is 1. The van der Waals surface area contributed by atoms with E-state index >= 15 is 0 Å². The maximum Gasteiger partial charge on any atom is 0.209 e. The van der Waals surface area contributed by atoms with Crippen LogP contribution in [-0.4, -0.2) is 38.9 Å². The monoisotopic (exact) mass is 342 g/mol. The molecular weight excluding hydrogens is 332 g/mol. The molecule has 8 heteroatoms. The highest BCUT2D eigenvalue weighted by molar-refractivity contribution is 9.10. The van der Waals surface area contributed by atoms with Gasteiger partial charge in [-0.2, -0.15) is 0 Å². The average molecular weight is 343 g/mol. The zero-order chi connectivity index (χ0) is 13.8. The molecule has 0 aliphatic rings. The Morgan fingerprint density at radius 2 is 2.32 bits per heavy atom. The van der Waals surface area contributed by atoms with Crippen LogP contribution >= 0.6 is 27.7 Å². The number of rotatable bonds is 5. The van der Waals surface area contributed by atoms with Gasteiger partial charge in [-0.1, -0.05) is 11.8 Å². The minimum absolute atomic E-state index is 0.0105. The molecule has 100 valence electrons. The molecule has 0 atom stereocenters. The molecule has 19 heavy (non-hydrogen) atoms. The second-order valence-corrected chi connectivity index (χ2v) is 5.44. The molecule has 0 aliphatic carbocycles. The van der Waals surface area contributed by atoms with Crippen LogP contribution in [0.25, 0.3) is 0 Å². The summed E-state index contributed by atoms with van der Waals surface area (Å²) in [5, 5.41) is 11.6. The third-order valence-electron chi connectivity index (χ3n) is 2.39. The number of ether oxygens (including phenoxy) is 1. The predicted octanol–water partition coefficient (Wildman–Crippen LogP) is 1.96. The lowest BCUT2D eigenvalue weighted by atomic mass is 10.1. The summed E-state index contributed by atoms with van der Waals surface area (Å²) in [7, 11) is 3.31. The van der Waals surface area contributed by atoms with Crippen LogP contribution in [0.1, 0.15) is 10.4 Å². The lowest BCUT2D eigenvalue weighted by molar-refractivity contribution is 0.102. The van der Waals surface area contributed by atoms with Crippen LogP contribution in [0.2, 0.25) is 0 Å². The summed E-state index contributed by atoms with van der Waals surface area (Å²) in [6, 6.07) is 5.24. The molecule has 0 N–H and O–H groups in total. The number of Topliss-reactive ketones (excluding diaryl/α,β-unsaturated/α-hetero) is 1. The van der Waals surface area contributed by atoms with E-state index in [-0.39, 0.29) is 11.5 Å². The number of ketones is 1. The van der Waals surface area contributed by atoms with Crippen molar-refractivity contribution in [2.24, 2.45) is 7.05 Å². The highest BCUT2D eigenvalue weighted by Crippen LogP contribution is 2.26.